The highest BCUT2D eigenvalue weighted by Gasteiger charge is 2.18. The zero-order valence-electron chi connectivity index (χ0n) is 8.34. The maximum atomic E-state index is 8.74. The van der Waals surface area contributed by atoms with Gasteiger partial charge in [-0.25, -0.2) is 0 Å². The monoisotopic (exact) mass is 193 g/mol. The van der Waals surface area contributed by atoms with Crippen LogP contribution in [-0.4, -0.2) is 18.9 Å². The van der Waals surface area contributed by atoms with Crippen LogP contribution in [0.15, 0.2) is 12.1 Å². The van der Waals surface area contributed by atoms with Gasteiger partial charge in [0.05, 0.1) is 0 Å². The van der Waals surface area contributed by atoms with Gasteiger partial charge < -0.3 is 15.2 Å². The Kier molecular flexibility index (Phi) is 2.59. The molecule has 3 nitrogen and oxygen atoms in total. The van der Waals surface area contributed by atoms with E-state index in [4.69, 9.17) is 9.84 Å². The number of rotatable bonds is 3. The number of fused-ring (bicyclic) bond motifs is 1. The normalized spacial score (nSPS) is 13.9. The number of benzene rings is 1. The van der Waals surface area contributed by atoms with Crippen LogP contribution in [0.3, 0.4) is 0 Å². The van der Waals surface area contributed by atoms with Gasteiger partial charge in [-0.05, 0) is 42.5 Å². The minimum absolute atomic E-state index is 0.245. The van der Waals surface area contributed by atoms with Gasteiger partial charge in [-0.3, -0.25) is 0 Å². The highest BCUT2D eigenvalue weighted by molar-refractivity contribution is 5.60. The van der Waals surface area contributed by atoms with Gasteiger partial charge in [0.1, 0.15) is 5.75 Å². The van der Waals surface area contributed by atoms with Crippen LogP contribution in [0, 0.1) is 0 Å². The van der Waals surface area contributed by atoms with Crippen molar-refractivity contribution in [3.05, 3.63) is 23.3 Å². The highest BCUT2D eigenvalue weighted by Crippen LogP contribution is 2.35. The second kappa shape index (κ2) is 3.88. The predicted octanol–water partition coefficient (Wildman–Crippen LogP) is 1.55. The molecule has 0 unspecified atom stereocenters. The third kappa shape index (κ3) is 1.44. The Morgan fingerprint density at radius 1 is 1.36 bits per heavy atom. The number of nitrogens with one attached hydrogen (secondary N) is 1. The predicted molar refractivity (Wildman–Crippen MR) is 55.7 cm³/mol. The fourth-order valence-electron chi connectivity index (χ4n) is 2.11. The van der Waals surface area contributed by atoms with Crippen LogP contribution in [0.4, 0.5) is 5.69 Å². The molecule has 1 aromatic carbocycles. The smallest absolute Gasteiger partial charge is 0.186 e. The standard InChI is InChI=1S/C11H15NO2/c1-12-10-5-6-11(14-7-13)9-4-2-3-8(9)10/h5-6,12-13H,2-4,7H2,1H3. The van der Waals surface area contributed by atoms with Crippen molar-refractivity contribution < 1.29 is 9.84 Å². The molecule has 0 aliphatic heterocycles. The SMILES string of the molecule is CNc1ccc(OCO)c2c1CCC2. The summed E-state index contributed by atoms with van der Waals surface area (Å²) in [5.74, 6) is 0.832. The van der Waals surface area contributed by atoms with E-state index in [0.29, 0.717) is 0 Å². The van der Waals surface area contributed by atoms with Gasteiger partial charge in [0.2, 0.25) is 0 Å². The van der Waals surface area contributed by atoms with Crippen LogP contribution in [0.5, 0.6) is 5.75 Å². The Balaban J connectivity index is 2.42. The Labute approximate surface area is 83.7 Å². The average Bonchev–Trinajstić information content (AvgIpc) is 2.67. The quantitative estimate of drug-likeness (QED) is 0.715. The molecule has 76 valence electrons. The molecule has 2 N–H and O–H groups in total. The maximum absolute atomic E-state index is 8.74. The minimum Gasteiger partial charge on any atom is -0.467 e. The number of hydrogen-bond acceptors (Lipinski definition) is 3. The van der Waals surface area contributed by atoms with Crippen molar-refractivity contribution in [2.45, 2.75) is 19.3 Å². The highest BCUT2D eigenvalue weighted by atomic mass is 16.6. The average molecular weight is 193 g/mol. The van der Waals surface area contributed by atoms with Gasteiger partial charge in [0.25, 0.3) is 0 Å². The summed E-state index contributed by atoms with van der Waals surface area (Å²) in [4.78, 5) is 0. The third-order valence-corrected chi connectivity index (χ3v) is 2.73. The summed E-state index contributed by atoms with van der Waals surface area (Å²) in [5, 5.41) is 11.9. The molecule has 0 aromatic heterocycles. The van der Waals surface area contributed by atoms with Crippen LogP contribution in [0.2, 0.25) is 0 Å². The molecule has 1 aliphatic rings. The zero-order chi connectivity index (χ0) is 9.97. The largest absolute Gasteiger partial charge is 0.467 e. The molecule has 0 radical (unpaired) electrons. The summed E-state index contributed by atoms with van der Waals surface area (Å²) in [6.45, 7) is -0.245. The summed E-state index contributed by atoms with van der Waals surface area (Å²) in [6.07, 6.45) is 3.34. The van der Waals surface area contributed by atoms with E-state index in [9.17, 15) is 0 Å². The molecule has 0 spiro atoms. The molecule has 3 heteroatoms. The van der Waals surface area contributed by atoms with Crippen molar-refractivity contribution in [2.24, 2.45) is 0 Å². The number of anilines is 1. The number of aliphatic hydroxyl groups excluding tert-OH is 1. The van der Waals surface area contributed by atoms with E-state index in [1.54, 1.807) is 0 Å². The molecule has 2 rings (SSSR count). The molecule has 0 amide bonds. The van der Waals surface area contributed by atoms with Crippen LogP contribution < -0.4 is 10.1 Å². The second-order valence-corrected chi connectivity index (χ2v) is 3.45. The molecular weight excluding hydrogens is 178 g/mol. The lowest BCUT2D eigenvalue weighted by molar-refractivity contribution is 0.0977. The van der Waals surface area contributed by atoms with Crippen molar-refractivity contribution >= 4 is 5.69 Å². The Bertz CT molecular complexity index is 336. The zero-order valence-corrected chi connectivity index (χ0v) is 8.34. The van der Waals surface area contributed by atoms with Crippen LogP contribution >= 0.6 is 0 Å². The Morgan fingerprint density at radius 2 is 2.14 bits per heavy atom. The van der Waals surface area contributed by atoms with Crippen molar-refractivity contribution in [2.75, 3.05) is 19.2 Å². The lowest BCUT2D eigenvalue weighted by atomic mass is 10.1. The van der Waals surface area contributed by atoms with Crippen molar-refractivity contribution in [1.82, 2.24) is 0 Å². The first-order valence-corrected chi connectivity index (χ1v) is 4.93. The van der Waals surface area contributed by atoms with E-state index in [1.165, 1.54) is 23.2 Å². The number of aliphatic hydroxyl groups is 1. The van der Waals surface area contributed by atoms with Crippen LogP contribution in [0.1, 0.15) is 17.5 Å². The van der Waals surface area contributed by atoms with E-state index in [-0.39, 0.29) is 6.79 Å². The van der Waals surface area contributed by atoms with Gasteiger partial charge in [0, 0.05) is 12.7 Å². The molecule has 1 aliphatic carbocycles. The first-order chi connectivity index (χ1) is 6.86. The van der Waals surface area contributed by atoms with E-state index in [2.05, 4.69) is 5.32 Å². The first kappa shape index (κ1) is 9.34. The van der Waals surface area contributed by atoms with Crippen LogP contribution in [0.25, 0.3) is 0 Å². The Morgan fingerprint density at radius 3 is 2.86 bits per heavy atom. The number of hydrogen-bond donors (Lipinski definition) is 2. The second-order valence-electron chi connectivity index (χ2n) is 3.45. The van der Waals surface area contributed by atoms with Crippen molar-refractivity contribution in [3.8, 4) is 5.75 Å². The summed E-state index contributed by atoms with van der Waals surface area (Å²) in [7, 11) is 1.93. The van der Waals surface area contributed by atoms with Gasteiger partial charge in [-0.2, -0.15) is 0 Å². The van der Waals surface area contributed by atoms with Gasteiger partial charge in [-0.1, -0.05) is 0 Å². The fraction of sp³-hybridized carbons (Fsp3) is 0.455. The topological polar surface area (TPSA) is 41.5 Å². The molecule has 0 saturated carbocycles. The van der Waals surface area contributed by atoms with E-state index < -0.39 is 0 Å². The molecular formula is C11H15NO2. The molecule has 0 saturated heterocycles. The molecule has 0 heterocycles. The van der Waals surface area contributed by atoms with Crippen LogP contribution in [-0.2, 0) is 12.8 Å². The summed E-state index contributed by atoms with van der Waals surface area (Å²) < 4.78 is 5.18. The van der Waals surface area contributed by atoms with E-state index >= 15 is 0 Å². The third-order valence-electron chi connectivity index (χ3n) is 2.73. The van der Waals surface area contributed by atoms with Gasteiger partial charge >= 0.3 is 0 Å². The molecule has 14 heavy (non-hydrogen) atoms. The van der Waals surface area contributed by atoms with E-state index in [1.807, 2.05) is 19.2 Å². The Hall–Kier alpha value is -1.22. The summed E-state index contributed by atoms with van der Waals surface area (Å²) in [5.41, 5.74) is 3.78. The van der Waals surface area contributed by atoms with Gasteiger partial charge in [0.15, 0.2) is 6.79 Å². The maximum Gasteiger partial charge on any atom is 0.186 e. The summed E-state index contributed by atoms with van der Waals surface area (Å²) >= 11 is 0. The number of ether oxygens (including phenoxy) is 1. The molecule has 0 atom stereocenters. The first-order valence-electron chi connectivity index (χ1n) is 4.93. The lowest BCUT2D eigenvalue weighted by Crippen LogP contribution is -2.00. The lowest BCUT2D eigenvalue weighted by Gasteiger charge is -2.12. The van der Waals surface area contributed by atoms with Crippen molar-refractivity contribution in [3.63, 3.8) is 0 Å². The molecule has 0 bridgehead atoms. The molecule has 0 fully saturated rings. The van der Waals surface area contributed by atoms with E-state index in [0.717, 1.165) is 18.6 Å². The molecule has 1 aromatic rings. The minimum atomic E-state index is -0.245. The summed E-state index contributed by atoms with van der Waals surface area (Å²) in [6, 6.07) is 3.93. The fourth-order valence-corrected chi connectivity index (χ4v) is 2.11. The van der Waals surface area contributed by atoms with Gasteiger partial charge in [-0.15, -0.1) is 0 Å². The van der Waals surface area contributed by atoms with Crippen molar-refractivity contribution in [1.29, 1.82) is 0 Å².